The van der Waals surface area contributed by atoms with Crippen LogP contribution in [-0.4, -0.2) is 24.1 Å². The highest BCUT2D eigenvalue weighted by Gasteiger charge is 2.00. The molecule has 2 rings (SSSR count). The molecule has 0 spiro atoms. The van der Waals surface area contributed by atoms with Crippen molar-refractivity contribution in [3.63, 3.8) is 0 Å². The number of fused-ring (bicyclic) bond motifs is 1. The normalized spacial score (nSPS) is 11.0. The van der Waals surface area contributed by atoms with Crippen LogP contribution >= 0.6 is 11.8 Å². The van der Waals surface area contributed by atoms with Crippen molar-refractivity contribution in [1.82, 2.24) is 0 Å². The van der Waals surface area contributed by atoms with Crippen LogP contribution in [0.5, 0.6) is 5.75 Å². The molecular weight excluding hydrogens is 280 g/mol. The molecular formula is C18H24O2S. The second kappa shape index (κ2) is 8.96. The van der Waals surface area contributed by atoms with Crippen LogP contribution in [0.4, 0.5) is 0 Å². The van der Waals surface area contributed by atoms with Crippen LogP contribution in [0.3, 0.4) is 0 Å². The molecule has 1 N–H and O–H groups in total. The smallest absolute Gasteiger partial charge is 0.119 e. The number of aliphatic hydroxyl groups is 1. The van der Waals surface area contributed by atoms with Gasteiger partial charge in [-0.05, 0) is 60.1 Å². The van der Waals surface area contributed by atoms with E-state index in [0.717, 1.165) is 43.8 Å². The Hall–Kier alpha value is -1.19. The molecule has 0 unspecified atom stereocenters. The molecule has 0 heterocycles. The number of rotatable bonds is 9. The minimum atomic E-state index is 0.291. The highest BCUT2D eigenvalue weighted by molar-refractivity contribution is 7.99. The minimum absolute atomic E-state index is 0.291. The largest absolute Gasteiger partial charge is 0.494 e. The molecule has 2 nitrogen and oxygen atoms in total. The Labute approximate surface area is 131 Å². The number of aliphatic hydroxyl groups excluding tert-OH is 1. The first-order chi connectivity index (χ1) is 10.3. The zero-order chi connectivity index (χ0) is 14.9. The quantitative estimate of drug-likeness (QED) is 0.528. The van der Waals surface area contributed by atoms with Crippen molar-refractivity contribution in [2.75, 3.05) is 19.0 Å². The van der Waals surface area contributed by atoms with Crippen molar-refractivity contribution in [3.8, 4) is 5.75 Å². The Morgan fingerprint density at radius 1 is 1.00 bits per heavy atom. The zero-order valence-corrected chi connectivity index (χ0v) is 13.5. The second-order valence-corrected chi connectivity index (χ2v) is 6.32. The summed E-state index contributed by atoms with van der Waals surface area (Å²) in [5.41, 5.74) is 0. The maximum absolute atomic E-state index is 8.79. The molecule has 0 aliphatic heterocycles. The van der Waals surface area contributed by atoms with Gasteiger partial charge >= 0.3 is 0 Å². The van der Waals surface area contributed by atoms with E-state index in [0.29, 0.717) is 6.61 Å². The van der Waals surface area contributed by atoms with Crippen LogP contribution in [0.1, 0.15) is 32.6 Å². The van der Waals surface area contributed by atoms with Crippen LogP contribution in [0.2, 0.25) is 0 Å². The van der Waals surface area contributed by atoms with E-state index in [2.05, 4.69) is 43.3 Å². The first-order valence-corrected chi connectivity index (χ1v) is 8.72. The van der Waals surface area contributed by atoms with E-state index in [1.54, 1.807) is 0 Å². The molecule has 0 bridgehead atoms. The third-order valence-corrected chi connectivity index (χ3v) is 4.45. The lowest BCUT2D eigenvalue weighted by Crippen LogP contribution is -1.95. The van der Waals surface area contributed by atoms with Gasteiger partial charge in [0.05, 0.1) is 6.61 Å². The summed E-state index contributed by atoms with van der Waals surface area (Å²) in [5, 5.41) is 11.3. The molecule has 0 aliphatic carbocycles. The molecule has 0 aliphatic rings. The van der Waals surface area contributed by atoms with Gasteiger partial charge in [-0.15, -0.1) is 11.8 Å². The molecule has 0 saturated heterocycles. The molecule has 0 aromatic heterocycles. The predicted octanol–water partition coefficient (Wildman–Crippen LogP) is 4.88. The van der Waals surface area contributed by atoms with Crippen molar-refractivity contribution >= 4 is 22.5 Å². The van der Waals surface area contributed by atoms with Gasteiger partial charge in [0.2, 0.25) is 0 Å². The first-order valence-electron chi connectivity index (χ1n) is 7.74. The number of thioether (sulfide) groups is 1. The summed E-state index contributed by atoms with van der Waals surface area (Å²) < 4.78 is 5.75. The SMILES string of the molecule is CCCCOc1ccc2cc(SCCCCO)ccc2c1. The fourth-order valence-electron chi connectivity index (χ4n) is 2.12. The molecule has 114 valence electrons. The lowest BCUT2D eigenvalue weighted by atomic mass is 10.1. The molecule has 0 fully saturated rings. The van der Waals surface area contributed by atoms with Crippen molar-refractivity contribution < 1.29 is 9.84 Å². The third-order valence-electron chi connectivity index (χ3n) is 3.37. The summed E-state index contributed by atoms with van der Waals surface area (Å²) in [6, 6.07) is 12.9. The van der Waals surface area contributed by atoms with Gasteiger partial charge < -0.3 is 9.84 Å². The Bertz CT molecular complexity index is 554. The molecule has 0 saturated carbocycles. The van der Waals surface area contributed by atoms with E-state index in [-0.39, 0.29) is 0 Å². The summed E-state index contributed by atoms with van der Waals surface area (Å²) in [6.45, 7) is 3.25. The fraction of sp³-hybridized carbons (Fsp3) is 0.444. The van der Waals surface area contributed by atoms with E-state index < -0.39 is 0 Å². The molecule has 21 heavy (non-hydrogen) atoms. The van der Waals surface area contributed by atoms with Gasteiger partial charge in [0.1, 0.15) is 5.75 Å². The number of hydrogen-bond acceptors (Lipinski definition) is 3. The van der Waals surface area contributed by atoms with E-state index >= 15 is 0 Å². The van der Waals surface area contributed by atoms with Crippen LogP contribution in [0, 0.1) is 0 Å². The van der Waals surface area contributed by atoms with Crippen LogP contribution < -0.4 is 4.74 Å². The van der Waals surface area contributed by atoms with Gasteiger partial charge in [-0.25, -0.2) is 0 Å². The van der Waals surface area contributed by atoms with Gasteiger partial charge in [0, 0.05) is 11.5 Å². The van der Waals surface area contributed by atoms with Crippen LogP contribution in [-0.2, 0) is 0 Å². The molecule has 2 aromatic rings. The number of unbranched alkanes of at least 4 members (excludes halogenated alkanes) is 2. The molecule has 2 aromatic carbocycles. The lowest BCUT2D eigenvalue weighted by molar-refractivity contribution is 0.287. The van der Waals surface area contributed by atoms with Crippen molar-refractivity contribution in [3.05, 3.63) is 36.4 Å². The number of benzene rings is 2. The summed E-state index contributed by atoms with van der Waals surface area (Å²) in [5.74, 6) is 2.02. The number of hydrogen-bond donors (Lipinski definition) is 1. The molecule has 0 amide bonds. The highest BCUT2D eigenvalue weighted by atomic mass is 32.2. The van der Waals surface area contributed by atoms with Crippen molar-refractivity contribution in [2.45, 2.75) is 37.5 Å². The van der Waals surface area contributed by atoms with Gasteiger partial charge in [0.25, 0.3) is 0 Å². The summed E-state index contributed by atoms with van der Waals surface area (Å²) >= 11 is 1.85. The fourth-order valence-corrected chi connectivity index (χ4v) is 3.08. The Morgan fingerprint density at radius 2 is 1.81 bits per heavy atom. The first kappa shape index (κ1) is 16.2. The highest BCUT2D eigenvalue weighted by Crippen LogP contribution is 2.27. The van der Waals surface area contributed by atoms with Gasteiger partial charge in [-0.3, -0.25) is 0 Å². The average Bonchev–Trinajstić information content (AvgIpc) is 2.52. The summed E-state index contributed by atoms with van der Waals surface area (Å²) in [6.07, 6.45) is 4.20. The maximum Gasteiger partial charge on any atom is 0.119 e. The average molecular weight is 304 g/mol. The second-order valence-electron chi connectivity index (χ2n) is 5.15. The van der Waals surface area contributed by atoms with Crippen LogP contribution in [0.15, 0.2) is 41.3 Å². The lowest BCUT2D eigenvalue weighted by Gasteiger charge is -2.08. The van der Waals surface area contributed by atoms with E-state index in [9.17, 15) is 0 Å². The summed E-state index contributed by atoms with van der Waals surface area (Å²) in [4.78, 5) is 1.29. The van der Waals surface area contributed by atoms with E-state index in [1.807, 2.05) is 11.8 Å². The van der Waals surface area contributed by atoms with E-state index in [4.69, 9.17) is 9.84 Å². The van der Waals surface area contributed by atoms with Gasteiger partial charge in [-0.1, -0.05) is 25.5 Å². The van der Waals surface area contributed by atoms with Crippen molar-refractivity contribution in [2.24, 2.45) is 0 Å². The third kappa shape index (κ3) is 5.25. The zero-order valence-electron chi connectivity index (χ0n) is 12.7. The topological polar surface area (TPSA) is 29.5 Å². The Kier molecular flexibility index (Phi) is 6.90. The van der Waals surface area contributed by atoms with Crippen LogP contribution in [0.25, 0.3) is 10.8 Å². The maximum atomic E-state index is 8.79. The predicted molar refractivity (Wildman–Crippen MR) is 91.4 cm³/mol. The van der Waals surface area contributed by atoms with Gasteiger partial charge in [-0.2, -0.15) is 0 Å². The molecule has 3 heteroatoms. The molecule has 0 radical (unpaired) electrons. The number of ether oxygens (including phenoxy) is 1. The van der Waals surface area contributed by atoms with Crippen molar-refractivity contribution in [1.29, 1.82) is 0 Å². The van der Waals surface area contributed by atoms with E-state index in [1.165, 1.54) is 15.7 Å². The molecule has 0 atom stereocenters. The summed E-state index contributed by atoms with van der Waals surface area (Å²) in [7, 11) is 0. The Morgan fingerprint density at radius 3 is 2.62 bits per heavy atom. The monoisotopic (exact) mass is 304 g/mol. The Balaban J connectivity index is 1.98. The standard InChI is InChI=1S/C18H24O2S/c1-2-3-11-20-17-8-6-16-14-18(9-7-15(16)13-17)21-12-5-4-10-19/h6-9,13-14,19H,2-5,10-12H2,1H3. The minimum Gasteiger partial charge on any atom is -0.494 e. The van der Waals surface area contributed by atoms with Gasteiger partial charge in [0.15, 0.2) is 0 Å².